The average Bonchev–Trinajstić information content (AvgIpc) is 3.34. The molecule has 0 radical (unpaired) electrons. The molecule has 1 aromatic carbocycles. The van der Waals surface area contributed by atoms with Crippen LogP contribution in [0.15, 0.2) is 53.1 Å². The molecule has 0 unspecified atom stereocenters. The van der Waals surface area contributed by atoms with E-state index in [9.17, 15) is 9.18 Å². The van der Waals surface area contributed by atoms with E-state index in [1.54, 1.807) is 24.3 Å². The van der Waals surface area contributed by atoms with Crippen molar-refractivity contribution < 1.29 is 13.6 Å². The van der Waals surface area contributed by atoms with E-state index in [4.69, 9.17) is 4.42 Å². The van der Waals surface area contributed by atoms with E-state index in [-0.39, 0.29) is 23.5 Å². The number of thiophene rings is 1. The van der Waals surface area contributed by atoms with Gasteiger partial charge in [0.25, 0.3) is 5.91 Å². The third-order valence-corrected chi connectivity index (χ3v) is 6.48. The predicted octanol–water partition coefficient (Wildman–Crippen LogP) is 5.86. The summed E-state index contributed by atoms with van der Waals surface area (Å²) in [5.74, 6) is 0.451. The van der Waals surface area contributed by atoms with Crippen molar-refractivity contribution in [1.82, 2.24) is 4.90 Å². The lowest BCUT2D eigenvalue weighted by Gasteiger charge is -2.37. The number of carbonyl (C=O) groups excluding carboxylic acids is 1. The third kappa shape index (κ3) is 4.43. The van der Waals surface area contributed by atoms with Crippen molar-refractivity contribution in [3.63, 3.8) is 0 Å². The predicted molar refractivity (Wildman–Crippen MR) is 114 cm³/mol. The molecule has 1 aliphatic rings. The fourth-order valence-corrected chi connectivity index (χ4v) is 4.90. The molecule has 4 rings (SSSR count). The Morgan fingerprint density at radius 3 is 2.72 bits per heavy atom. The van der Waals surface area contributed by atoms with Gasteiger partial charge in [-0.05, 0) is 74.7 Å². The van der Waals surface area contributed by atoms with Crippen LogP contribution in [0.4, 0.5) is 9.39 Å². The number of carbonyl (C=O) groups is 1. The van der Waals surface area contributed by atoms with E-state index in [0.717, 1.165) is 46.9 Å². The number of aryl methyl sites for hydroxylation is 1. The number of hydrogen-bond donors (Lipinski definition) is 1. The molecule has 0 bridgehead atoms. The Morgan fingerprint density at radius 1 is 1.24 bits per heavy atom. The van der Waals surface area contributed by atoms with E-state index in [1.807, 2.05) is 13.0 Å². The number of furan rings is 1. The smallest absolute Gasteiger partial charge is 0.291 e. The molecule has 1 saturated heterocycles. The van der Waals surface area contributed by atoms with Crippen LogP contribution < -0.4 is 5.32 Å². The van der Waals surface area contributed by atoms with Gasteiger partial charge in [0.05, 0.1) is 12.3 Å². The minimum absolute atomic E-state index is 0.102. The molecule has 3 heterocycles. The first-order valence-corrected chi connectivity index (χ1v) is 10.8. The number of likely N-dealkylation sites (tertiary alicyclic amines) is 1. The molecule has 152 valence electrons. The SMILES string of the molecule is Cc1cc([C@@H](c2cccc(F)c2)N2CCC(C)CC2)c(NC(=O)c2ccco2)s1. The average molecular weight is 413 g/mol. The van der Waals surface area contributed by atoms with Crippen molar-refractivity contribution in [3.05, 3.63) is 76.3 Å². The van der Waals surface area contributed by atoms with Crippen LogP contribution in [0.5, 0.6) is 0 Å². The van der Waals surface area contributed by atoms with Gasteiger partial charge in [0.2, 0.25) is 0 Å². The number of halogens is 1. The van der Waals surface area contributed by atoms with Gasteiger partial charge in [-0.15, -0.1) is 11.3 Å². The maximum Gasteiger partial charge on any atom is 0.291 e. The lowest BCUT2D eigenvalue weighted by Crippen LogP contribution is -2.37. The van der Waals surface area contributed by atoms with Crippen LogP contribution in [-0.4, -0.2) is 23.9 Å². The van der Waals surface area contributed by atoms with Gasteiger partial charge in [-0.2, -0.15) is 0 Å². The molecule has 0 spiro atoms. The Hall–Kier alpha value is -2.44. The minimum atomic E-state index is -0.275. The van der Waals surface area contributed by atoms with Crippen molar-refractivity contribution in [2.24, 2.45) is 5.92 Å². The molecule has 1 fully saturated rings. The van der Waals surface area contributed by atoms with Gasteiger partial charge >= 0.3 is 0 Å². The summed E-state index contributed by atoms with van der Waals surface area (Å²) in [6, 6.07) is 12.1. The van der Waals surface area contributed by atoms with E-state index in [1.165, 1.54) is 23.7 Å². The van der Waals surface area contributed by atoms with E-state index < -0.39 is 0 Å². The second kappa shape index (κ2) is 8.51. The maximum absolute atomic E-state index is 14.1. The Kier molecular flexibility index (Phi) is 5.83. The molecule has 1 N–H and O–H groups in total. The quantitative estimate of drug-likeness (QED) is 0.571. The van der Waals surface area contributed by atoms with Crippen molar-refractivity contribution in [2.45, 2.75) is 32.7 Å². The molecular weight excluding hydrogens is 387 g/mol. The monoisotopic (exact) mass is 412 g/mol. The zero-order valence-corrected chi connectivity index (χ0v) is 17.5. The van der Waals surface area contributed by atoms with E-state index >= 15 is 0 Å². The second-order valence-corrected chi connectivity index (χ2v) is 9.01. The number of nitrogens with zero attached hydrogens (tertiary/aromatic N) is 1. The van der Waals surface area contributed by atoms with E-state index in [2.05, 4.69) is 23.2 Å². The second-order valence-electron chi connectivity index (χ2n) is 7.75. The van der Waals surface area contributed by atoms with Gasteiger partial charge in [-0.1, -0.05) is 19.1 Å². The van der Waals surface area contributed by atoms with Crippen molar-refractivity contribution in [3.8, 4) is 0 Å². The van der Waals surface area contributed by atoms with Crippen LogP contribution >= 0.6 is 11.3 Å². The van der Waals surface area contributed by atoms with Crippen LogP contribution in [-0.2, 0) is 0 Å². The molecule has 2 aromatic heterocycles. The van der Waals surface area contributed by atoms with Crippen LogP contribution in [0.3, 0.4) is 0 Å². The standard InChI is InChI=1S/C23H25FN2O2S/c1-15-8-10-26(11-9-15)21(17-5-3-6-18(24)14-17)19-13-16(2)29-23(19)25-22(27)20-7-4-12-28-20/h3-7,12-15,21H,8-11H2,1-2H3,(H,25,27)/t21-/m1/s1. The van der Waals surface area contributed by atoms with Crippen molar-refractivity contribution in [2.75, 3.05) is 18.4 Å². The molecule has 1 atom stereocenters. The Balaban J connectivity index is 1.71. The van der Waals surface area contributed by atoms with Gasteiger partial charge in [-0.25, -0.2) is 4.39 Å². The number of nitrogens with one attached hydrogen (secondary N) is 1. The summed E-state index contributed by atoms with van der Waals surface area (Å²) in [4.78, 5) is 16.1. The molecule has 1 aliphatic heterocycles. The fourth-order valence-electron chi connectivity index (χ4n) is 3.96. The molecule has 4 nitrogen and oxygen atoms in total. The summed E-state index contributed by atoms with van der Waals surface area (Å²) in [5, 5.41) is 3.80. The highest BCUT2D eigenvalue weighted by Gasteiger charge is 2.30. The lowest BCUT2D eigenvalue weighted by molar-refractivity contribution is 0.0996. The summed E-state index contributed by atoms with van der Waals surface area (Å²) < 4.78 is 19.3. The molecule has 29 heavy (non-hydrogen) atoms. The number of anilines is 1. The highest BCUT2D eigenvalue weighted by molar-refractivity contribution is 7.16. The molecule has 0 aliphatic carbocycles. The summed E-state index contributed by atoms with van der Waals surface area (Å²) >= 11 is 1.54. The van der Waals surface area contributed by atoms with Gasteiger partial charge in [0.1, 0.15) is 10.8 Å². The first-order valence-electron chi connectivity index (χ1n) is 9.96. The molecule has 0 saturated carbocycles. The van der Waals surface area contributed by atoms with E-state index in [0.29, 0.717) is 5.92 Å². The maximum atomic E-state index is 14.1. The lowest BCUT2D eigenvalue weighted by atomic mass is 9.92. The number of benzene rings is 1. The van der Waals surface area contributed by atoms with Crippen LogP contribution in [0, 0.1) is 18.7 Å². The van der Waals surface area contributed by atoms with Crippen LogP contribution in [0.1, 0.15) is 52.4 Å². The largest absolute Gasteiger partial charge is 0.459 e. The van der Waals surface area contributed by atoms with Gasteiger partial charge in [-0.3, -0.25) is 9.69 Å². The third-order valence-electron chi connectivity index (χ3n) is 5.50. The van der Waals surface area contributed by atoms with Crippen LogP contribution in [0.2, 0.25) is 0 Å². The number of piperidine rings is 1. The first kappa shape index (κ1) is 19.9. The minimum Gasteiger partial charge on any atom is -0.459 e. The normalized spacial score (nSPS) is 16.7. The zero-order valence-electron chi connectivity index (χ0n) is 16.7. The molecule has 6 heteroatoms. The highest BCUT2D eigenvalue weighted by Crippen LogP contribution is 2.40. The van der Waals surface area contributed by atoms with Gasteiger partial charge in [0, 0.05) is 10.4 Å². The summed E-state index contributed by atoms with van der Waals surface area (Å²) in [6.07, 6.45) is 3.71. The van der Waals surface area contributed by atoms with Crippen molar-refractivity contribution in [1.29, 1.82) is 0 Å². The number of hydrogen-bond acceptors (Lipinski definition) is 4. The Morgan fingerprint density at radius 2 is 2.03 bits per heavy atom. The molecular formula is C23H25FN2O2S. The number of amides is 1. The fraction of sp³-hybridized carbons (Fsp3) is 0.348. The summed E-state index contributed by atoms with van der Waals surface area (Å²) in [5.41, 5.74) is 1.92. The number of rotatable bonds is 5. The molecule has 1 amide bonds. The Labute approximate surface area is 174 Å². The van der Waals surface area contributed by atoms with Gasteiger partial charge < -0.3 is 9.73 Å². The van der Waals surface area contributed by atoms with Crippen molar-refractivity contribution >= 4 is 22.2 Å². The topological polar surface area (TPSA) is 45.5 Å². The van der Waals surface area contributed by atoms with Crippen LogP contribution in [0.25, 0.3) is 0 Å². The first-order chi connectivity index (χ1) is 14.0. The Bertz CT molecular complexity index is 975. The summed E-state index contributed by atoms with van der Waals surface area (Å²) in [7, 11) is 0. The zero-order chi connectivity index (χ0) is 20.4. The molecule has 3 aromatic rings. The highest BCUT2D eigenvalue weighted by atomic mass is 32.1. The van der Waals surface area contributed by atoms with Gasteiger partial charge in [0.15, 0.2) is 5.76 Å². The summed E-state index contributed by atoms with van der Waals surface area (Å²) in [6.45, 7) is 6.20.